The largest absolute Gasteiger partial charge is 0.485 e. The van der Waals surface area contributed by atoms with Crippen molar-refractivity contribution in [2.24, 2.45) is 0 Å². The van der Waals surface area contributed by atoms with Gasteiger partial charge in [-0.3, -0.25) is 4.79 Å². The summed E-state index contributed by atoms with van der Waals surface area (Å²) in [6.07, 6.45) is 0.256. The van der Waals surface area contributed by atoms with Crippen molar-refractivity contribution >= 4 is 11.6 Å². The second-order valence-electron chi connectivity index (χ2n) is 6.50. The number of likely N-dealkylation sites (N-methyl/N-ethyl adjacent to an activating group) is 2. The molecule has 1 aromatic carbocycles. The maximum Gasteiger partial charge on any atom is 0.227 e. The van der Waals surface area contributed by atoms with Gasteiger partial charge in [0.05, 0.1) is 30.9 Å². The van der Waals surface area contributed by atoms with Crippen molar-refractivity contribution in [2.75, 3.05) is 31.6 Å². The Kier molecular flexibility index (Phi) is 4.97. The predicted octanol–water partition coefficient (Wildman–Crippen LogP) is 2.58. The normalized spacial score (nSPS) is 16.3. The maximum atomic E-state index is 12.6. The van der Waals surface area contributed by atoms with Crippen molar-refractivity contribution in [2.45, 2.75) is 33.3 Å². The Morgan fingerprint density at radius 3 is 2.80 bits per heavy atom. The molecule has 2 aromatic rings. The smallest absolute Gasteiger partial charge is 0.227 e. The molecule has 0 N–H and O–H groups in total. The lowest BCUT2D eigenvalue weighted by Gasteiger charge is -2.37. The summed E-state index contributed by atoms with van der Waals surface area (Å²) in [7, 11) is 1.82. The SMILES string of the molecule is CCN1C[C@H](CN(C)C(=O)Cc2c(C)noc2C)Oc2ccccc21. The second kappa shape index (κ2) is 7.17. The standard InChI is InChI=1S/C19H25N3O3/c1-5-22-12-15(24-18-9-7-6-8-17(18)22)11-21(4)19(23)10-16-13(2)20-25-14(16)3/h6-9,15H,5,10-12H2,1-4H3/t15-/m0/s1. The van der Waals surface area contributed by atoms with E-state index in [-0.39, 0.29) is 12.0 Å². The highest BCUT2D eigenvalue weighted by molar-refractivity contribution is 5.79. The first-order valence-corrected chi connectivity index (χ1v) is 8.66. The van der Waals surface area contributed by atoms with Gasteiger partial charge in [-0.25, -0.2) is 0 Å². The average molecular weight is 343 g/mol. The van der Waals surface area contributed by atoms with Crippen molar-refractivity contribution < 1.29 is 14.1 Å². The van der Waals surface area contributed by atoms with Crippen LogP contribution in [0.25, 0.3) is 0 Å². The number of carbonyl (C=O) groups is 1. The number of aryl methyl sites for hydroxylation is 2. The Morgan fingerprint density at radius 2 is 2.12 bits per heavy atom. The molecule has 1 aromatic heterocycles. The molecule has 2 heterocycles. The fourth-order valence-corrected chi connectivity index (χ4v) is 3.22. The van der Waals surface area contributed by atoms with Gasteiger partial charge in [0, 0.05) is 19.2 Å². The number of hydrogen-bond acceptors (Lipinski definition) is 5. The number of rotatable bonds is 5. The van der Waals surface area contributed by atoms with Crippen LogP contribution in [0.1, 0.15) is 23.9 Å². The zero-order chi connectivity index (χ0) is 18.0. The monoisotopic (exact) mass is 343 g/mol. The van der Waals surface area contributed by atoms with Crippen LogP contribution in [0.4, 0.5) is 5.69 Å². The summed E-state index contributed by atoms with van der Waals surface area (Å²) in [6, 6.07) is 8.04. The van der Waals surface area contributed by atoms with E-state index in [1.54, 1.807) is 4.90 Å². The molecule has 1 aliphatic heterocycles. The van der Waals surface area contributed by atoms with Gasteiger partial charge in [0.1, 0.15) is 17.6 Å². The van der Waals surface area contributed by atoms with E-state index in [1.807, 2.05) is 39.1 Å². The van der Waals surface area contributed by atoms with Gasteiger partial charge in [-0.2, -0.15) is 0 Å². The summed E-state index contributed by atoms with van der Waals surface area (Å²) in [6.45, 7) is 8.06. The highest BCUT2D eigenvalue weighted by atomic mass is 16.5. The van der Waals surface area contributed by atoms with E-state index in [0.717, 1.165) is 35.8 Å². The predicted molar refractivity (Wildman–Crippen MR) is 96.1 cm³/mol. The molecule has 6 heteroatoms. The quantitative estimate of drug-likeness (QED) is 0.835. The van der Waals surface area contributed by atoms with Gasteiger partial charge in [-0.05, 0) is 32.9 Å². The third-order valence-corrected chi connectivity index (χ3v) is 4.72. The number of para-hydroxylation sites is 2. The Labute approximate surface area is 148 Å². The van der Waals surface area contributed by atoms with Crippen molar-refractivity contribution in [1.29, 1.82) is 0 Å². The van der Waals surface area contributed by atoms with E-state index in [2.05, 4.69) is 23.0 Å². The molecule has 0 aliphatic carbocycles. The Morgan fingerprint density at radius 1 is 1.36 bits per heavy atom. The lowest BCUT2D eigenvalue weighted by atomic mass is 10.1. The maximum absolute atomic E-state index is 12.6. The molecule has 0 fully saturated rings. The van der Waals surface area contributed by atoms with Crippen LogP contribution in [-0.2, 0) is 11.2 Å². The van der Waals surface area contributed by atoms with Crippen molar-refractivity contribution in [3.05, 3.63) is 41.3 Å². The first-order valence-electron chi connectivity index (χ1n) is 8.66. The van der Waals surface area contributed by atoms with Crippen LogP contribution in [0.5, 0.6) is 5.75 Å². The number of hydrogen-bond donors (Lipinski definition) is 0. The third-order valence-electron chi connectivity index (χ3n) is 4.72. The molecule has 1 aliphatic rings. The van der Waals surface area contributed by atoms with Crippen LogP contribution < -0.4 is 9.64 Å². The van der Waals surface area contributed by atoms with Gasteiger partial charge in [0.15, 0.2) is 0 Å². The van der Waals surface area contributed by atoms with Crippen LogP contribution in [-0.4, -0.2) is 48.7 Å². The first-order chi connectivity index (χ1) is 12.0. The summed E-state index contributed by atoms with van der Waals surface area (Å²) in [5.41, 5.74) is 2.77. The van der Waals surface area contributed by atoms with Gasteiger partial charge in [-0.15, -0.1) is 0 Å². The molecule has 0 saturated heterocycles. The topological polar surface area (TPSA) is 58.8 Å². The molecule has 6 nitrogen and oxygen atoms in total. The number of fused-ring (bicyclic) bond motifs is 1. The molecule has 3 rings (SSSR count). The summed E-state index contributed by atoms with van der Waals surface area (Å²) in [5.74, 6) is 1.63. The Balaban J connectivity index is 1.65. The molecule has 0 radical (unpaired) electrons. The van der Waals surface area contributed by atoms with Crippen LogP contribution in [0.15, 0.2) is 28.8 Å². The number of benzene rings is 1. The highest BCUT2D eigenvalue weighted by Gasteiger charge is 2.27. The third kappa shape index (κ3) is 3.62. The molecule has 0 saturated carbocycles. The minimum absolute atomic E-state index is 0.0416. The molecule has 1 amide bonds. The average Bonchev–Trinajstić information content (AvgIpc) is 2.92. The summed E-state index contributed by atoms with van der Waals surface area (Å²) >= 11 is 0. The van der Waals surface area contributed by atoms with E-state index < -0.39 is 0 Å². The lowest BCUT2D eigenvalue weighted by Crippen LogP contribution is -2.47. The van der Waals surface area contributed by atoms with Crippen LogP contribution in [0, 0.1) is 13.8 Å². The number of aromatic nitrogens is 1. The van der Waals surface area contributed by atoms with Gasteiger partial charge in [0.25, 0.3) is 0 Å². The number of nitrogens with zero attached hydrogens (tertiary/aromatic N) is 3. The van der Waals surface area contributed by atoms with Gasteiger partial charge >= 0.3 is 0 Å². The highest BCUT2D eigenvalue weighted by Crippen LogP contribution is 2.32. The molecule has 1 atom stereocenters. The summed E-state index contributed by atoms with van der Waals surface area (Å²) in [5, 5.41) is 3.91. The number of anilines is 1. The first kappa shape index (κ1) is 17.3. The molecule has 0 bridgehead atoms. The zero-order valence-electron chi connectivity index (χ0n) is 15.3. The molecule has 134 valence electrons. The minimum atomic E-state index is -0.0477. The molecule has 0 unspecified atom stereocenters. The Hall–Kier alpha value is -2.50. The number of amides is 1. The van der Waals surface area contributed by atoms with Gasteiger partial charge < -0.3 is 19.1 Å². The van der Waals surface area contributed by atoms with Crippen LogP contribution in [0.3, 0.4) is 0 Å². The molecular weight excluding hydrogens is 318 g/mol. The zero-order valence-corrected chi connectivity index (χ0v) is 15.3. The van der Waals surface area contributed by atoms with E-state index >= 15 is 0 Å². The van der Waals surface area contributed by atoms with Crippen LogP contribution >= 0.6 is 0 Å². The molecule has 25 heavy (non-hydrogen) atoms. The number of carbonyl (C=O) groups excluding carboxylic acids is 1. The van der Waals surface area contributed by atoms with Crippen molar-refractivity contribution in [3.63, 3.8) is 0 Å². The second-order valence-corrected chi connectivity index (χ2v) is 6.50. The fraction of sp³-hybridized carbons (Fsp3) is 0.474. The number of ether oxygens (including phenoxy) is 1. The van der Waals surface area contributed by atoms with Crippen LogP contribution in [0.2, 0.25) is 0 Å². The van der Waals surface area contributed by atoms with E-state index in [1.165, 1.54) is 0 Å². The van der Waals surface area contributed by atoms with E-state index in [4.69, 9.17) is 9.26 Å². The molecule has 0 spiro atoms. The minimum Gasteiger partial charge on any atom is -0.485 e. The van der Waals surface area contributed by atoms with Crippen molar-refractivity contribution in [1.82, 2.24) is 10.1 Å². The van der Waals surface area contributed by atoms with Crippen molar-refractivity contribution in [3.8, 4) is 5.75 Å². The fourth-order valence-electron chi connectivity index (χ4n) is 3.22. The molecular formula is C19H25N3O3. The lowest BCUT2D eigenvalue weighted by molar-refractivity contribution is -0.130. The summed E-state index contributed by atoms with van der Waals surface area (Å²) in [4.78, 5) is 16.6. The van der Waals surface area contributed by atoms with Gasteiger partial charge in [-0.1, -0.05) is 17.3 Å². The van der Waals surface area contributed by atoms with E-state index in [9.17, 15) is 4.79 Å². The Bertz CT molecular complexity index is 737. The van der Waals surface area contributed by atoms with E-state index in [0.29, 0.717) is 18.7 Å². The van der Waals surface area contributed by atoms with Gasteiger partial charge in [0.2, 0.25) is 5.91 Å². The summed E-state index contributed by atoms with van der Waals surface area (Å²) < 4.78 is 11.2.